The second kappa shape index (κ2) is 11.1. The lowest BCUT2D eigenvalue weighted by atomic mass is 10.0. The van der Waals surface area contributed by atoms with Crippen LogP contribution >= 0.6 is 11.3 Å². The van der Waals surface area contributed by atoms with Crippen LogP contribution in [-0.4, -0.2) is 69.2 Å². The Balaban J connectivity index is 1.74. The Morgan fingerprint density at radius 2 is 1.82 bits per heavy atom. The number of alkyl halides is 4. The Bertz CT molecular complexity index is 1170. The molecule has 2 fully saturated rings. The summed E-state index contributed by atoms with van der Waals surface area (Å²) < 4.78 is 56.4. The van der Waals surface area contributed by atoms with Crippen LogP contribution in [0.4, 0.5) is 23.4 Å². The van der Waals surface area contributed by atoms with Crippen molar-refractivity contribution in [1.82, 2.24) is 20.2 Å². The van der Waals surface area contributed by atoms with Crippen molar-refractivity contribution in [2.75, 3.05) is 25.0 Å². The lowest BCUT2D eigenvalue weighted by Crippen LogP contribution is -2.39. The van der Waals surface area contributed by atoms with Gasteiger partial charge in [-0.1, -0.05) is 12.8 Å². The monoisotopic (exact) mass is 557 g/mol. The number of piperidine rings is 1. The third kappa shape index (κ3) is 6.79. The number of nitrogens with one attached hydrogen (secondary N) is 2. The fourth-order valence-corrected chi connectivity index (χ4v) is 5.54. The number of halogens is 4. The molecule has 1 saturated carbocycles. The van der Waals surface area contributed by atoms with Gasteiger partial charge in [0.15, 0.2) is 5.01 Å². The summed E-state index contributed by atoms with van der Waals surface area (Å²) in [5.41, 5.74) is -2.92. The third-order valence-electron chi connectivity index (χ3n) is 6.58. The van der Waals surface area contributed by atoms with Gasteiger partial charge >= 0.3 is 6.18 Å². The van der Waals surface area contributed by atoms with Crippen LogP contribution in [0, 0.1) is 0 Å². The minimum absolute atomic E-state index is 0.0412. The molecule has 2 aromatic rings. The van der Waals surface area contributed by atoms with Gasteiger partial charge in [-0.2, -0.15) is 13.2 Å². The number of amides is 2. The average Bonchev–Trinajstić information content (AvgIpc) is 3.52. The number of likely N-dealkylation sites (tertiary alicyclic amines) is 1. The Morgan fingerprint density at radius 1 is 1.16 bits per heavy atom. The van der Waals surface area contributed by atoms with Crippen molar-refractivity contribution in [3.05, 3.63) is 28.5 Å². The molecule has 0 radical (unpaired) electrons. The molecular weight excluding hydrogens is 526 g/mol. The van der Waals surface area contributed by atoms with Crippen LogP contribution in [0.5, 0.6) is 0 Å². The summed E-state index contributed by atoms with van der Waals surface area (Å²) in [5, 5.41) is 15.2. The molecule has 13 heteroatoms. The molecule has 1 aliphatic heterocycles. The number of carbonyl (C=O) groups excluding carboxylic acids is 2. The van der Waals surface area contributed by atoms with E-state index in [-0.39, 0.29) is 65.5 Å². The molecule has 2 aromatic heterocycles. The number of aromatic nitrogens is 2. The van der Waals surface area contributed by atoms with Crippen molar-refractivity contribution in [1.29, 1.82) is 0 Å². The van der Waals surface area contributed by atoms with Gasteiger partial charge in [-0.15, -0.1) is 11.3 Å². The summed E-state index contributed by atoms with van der Waals surface area (Å²) in [6.45, 7) is 3.00. The molecular formula is C25H31F4N5O3S. The highest BCUT2D eigenvalue weighted by molar-refractivity contribution is 7.17. The quantitative estimate of drug-likeness (QED) is 0.428. The molecule has 1 saturated heterocycles. The fraction of sp³-hybridized carbons (Fsp3) is 0.600. The molecule has 0 aromatic carbocycles. The first-order valence-corrected chi connectivity index (χ1v) is 13.4. The average molecular weight is 558 g/mol. The maximum Gasteiger partial charge on any atom is 0.417 e. The van der Waals surface area contributed by atoms with Gasteiger partial charge in [-0.05, 0) is 45.6 Å². The van der Waals surface area contributed by atoms with Crippen LogP contribution in [0.1, 0.15) is 78.2 Å². The smallest absolute Gasteiger partial charge is 0.389 e. The summed E-state index contributed by atoms with van der Waals surface area (Å²) >= 11 is 0.646. The highest BCUT2D eigenvalue weighted by atomic mass is 32.1. The minimum atomic E-state index is -4.77. The van der Waals surface area contributed by atoms with Crippen LogP contribution in [0.15, 0.2) is 12.3 Å². The van der Waals surface area contributed by atoms with Gasteiger partial charge in [0.2, 0.25) is 0 Å². The van der Waals surface area contributed by atoms with E-state index in [0.29, 0.717) is 11.3 Å². The summed E-state index contributed by atoms with van der Waals surface area (Å²) in [6.07, 6.45) is -0.881. The van der Waals surface area contributed by atoms with Gasteiger partial charge in [-0.3, -0.25) is 9.59 Å². The maximum atomic E-state index is 14.3. The standard InChI is InChI=1S/C25H31F4N5O3S/c1-24(2,37)13-31-21(35)22-33-19(23(36)34-9-7-14(26)8-10-34)20(38-22)16-12-30-18(11-17(16)25(27,28)29)32-15-5-3-4-6-15/h11-12,14-15,37H,3-10,13H2,1-2H3,(H,30,32)(H,31,35). The lowest BCUT2D eigenvalue weighted by Gasteiger charge is -2.28. The van der Waals surface area contributed by atoms with Crippen LogP contribution in [0.25, 0.3) is 10.4 Å². The number of rotatable bonds is 7. The first kappa shape index (κ1) is 28.2. The van der Waals surface area contributed by atoms with Crippen molar-refractivity contribution in [2.24, 2.45) is 0 Å². The van der Waals surface area contributed by atoms with Gasteiger partial charge in [0.25, 0.3) is 11.8 Å². The Morgan fingerprint density at radius 3 is 2.42 bits per heavy atom. The second-order valence-corrected chi connectivity index (χ2v) is 11.4. The summed E-state index contributed by atoms with van der Waals surface area (Å²) in [6, 6.07) is 0.962. The van der Waals surface area contributed by atoms with E-state index in [2.05, 4.69) is 20.6 Å². The second-order valence-electron chi connectivity index (χ2n) is 10.4. The zero-order valence-electron chi connectivity index (χ0n) is 21.2. The number of carbonyl (C=O) groups is 2. The SMILES string of the molecule is CC(C)(O)CNC(=O)c1nc(C(=O)N2CCC(F)CC2)c(-c2cnc(NC3CCCC3)cc2C(F)(F)F)s1. The molecule has 2 amide bonds. The van der Waals surface area contributed by atoms with Crippen LogP contribution in [0.2, 0.25) is 0 Å². The normalized spacial score (nSPS) is 17.6. The molecule has 3 N–H and O–H groups in total. The summed E-state index contributed by atoms with van der Waals surface area (Å²) in [7, 11) is 0. The molecule has 0 atom stereocenters. The number of anilines is 1. The first-order chi connectivity index (χ1) is 17.8. The largest absolute Gasteiger partial charge is 0.417 e. The molecule has 208 valence electrons. The number of hydrogen-bond acceptors (Lipinski definition) is 7. The molecule has 4 rings (SSSR count). The first-order valence-electron chi connectivity index (χ1n) is 12.6. The van der Waals surface area contributed by atoms with E-state index >= 15 is 0 Å². The van der Waals surface area contributed by atoms with Gasteiger partial charge < -0.3 is 20.6 Å². The number of hydrogen-bond donors (Lipinski definition) is 3. The molecule has 0 spiro atoms. The predicted octanol–water partition coefficient (Wildman–Crippen LogP) is 4.65. The van der Waals surface area contributed by atoms with Crippen molar-refractivity contribution in [3.63, 3.8) is 0 Å². The Hall–Kier alpha value is -2.80. The Labute approximate surface area is 221 Å². The third-order valence-corrected chi connectivity index (χ3v) is 7.67. The molecule has 38 heavy (non-hydrogen) atoms. The minimum Gasteiger partial charge on any atom is -0.389 e. The van der Waals surface area contributed by atoms with Crippen LogP contribution < -0.4 is 10.6 Å². The van der Waals surface area contributed by atoms with E-state index in [4.69, 9.17) is 0 Å². The van der Waals surface area contributed by atoms with E-state index in [1.807, 2.05) is 0 Å². The molecule has 3 heterocycles. The lowest BCUT2D eigenvalue weighted by molar-refractivity contribution is -0.137. The van der Waals surface area contributed by atoms with Crippen LogP contribution in [0.3, 0.4) is 0 Å². The van der Waals surface area contributed by atoms with Crippen molar-refractivity contribution >= 4 is 29.0 Å². The summed E-state index contributed by atoms with van der Waals surface area (Å²) in [5.74, 6) is -1.33. The van der Waals surface area contributed by atoms with Gasteiger partial charge in [0.05, 0.1) is 16.0 Å². The Kier molecular flexibility index (Phi) is 8.26. The van der Waals surface area contributed by atoms with E-state index in [9.17, 15) is 32.3 Å². The van der Waals surface area contributed by atoms with Gasteiger partial charge in [-0.25, -0.2) is 14.4 Å². The van der Waals surface area contributed by atoms with Crippen molar-refractivity contribution < 1.29 is 32.3 Å². The van der Waals surface area contributed by atoms with Gasteiger partial charge in [0.1, 0.15) is 17.7 Å². The summed E-state index contributed by atoms with van der Waals surface area (Å²) in [4.78, 5) is 35.7. The van der Waals surface area contributed by atoms with Crippen LogP contribution in [-0.2, 0) is 6.18 Å². The fourth-order valence-electron chi connectivity index (χ4n) is 4.55. The van der Waals surface area contributed by atoms with E-state index < -0.39 is 35.3 Å². The highest BCUT2D eigenvalue weighted by Gasteiger charge is 2.38. The molecule has 8 nitrogen and oxygen atoms in total. The molecule has 0 bridgehead atoms. The molecule has 0 unspecified atom stereocenters. The zero-order chi connectivity index (χ0) is 27.7. The number of pyridine rings is 1. The van der Waals surface area contributed by atoms with Crippen molar-refractivity contribution in [2.45, 2.75) is 76.4 Å². The van der Waals surface area contributed by atoms with Gasteiger partial charge in [0, 0.05) is 37.4 Å². The molecule has 2 aliphatic rings. The highest BCUT2D eigenvalue weighted by Crippen LogP contribution is 2.42. The zero-order valence-corrected chi connectivity index (χ0v) is 22.0. The van der Waals surface area contributed by atoms with E-state index in [1.165, 1.54) is 18.7 Å². The van der Waals surface area contributed by atoms with E-state index in [1.54, 1.807) is 0 Å². The molecule has 1 aliphatic carbocycles. The number of nitrogens with zero attached hydrogens (tertiary/aromatic N) is 3. The predicted molar refractivity (Wildman–Crippen MR) is 135 cm³/mol. The number of aliphatic hydroxyl groups is 1. The maximum absolute atomic E-state index is 14.3. The topological polar surface area (TPSA) is 107 Å². The van der Waals surface area contributed by atoms with Crippen molar-refractivity contribution in [3.8, 4) is 10.4 Å². The number of thiazole rings is 1. The van der Waals surface area contributed by atoms with E-state index in [0.717, 1.165) is 37.9 Å².